The molecule has 0 bridgehead atoms. The quantitative estimate of drug-likeness (QED) is 0.118. The topological polar surface area (TPSA) is 258 Å². The van der Waals surface area contributed by atoms with Crippen LogP contribution in [0.4, 0.5) is 15.9 Å². The van der Waals surface area contributed by atoms with Crippen molar-refractivity contribution in [2.75, 3.05) is 51.9 Å². The maximum Gasteiger partial charge on any atom is 0.333 e. The van der Waals surface area contributed by atoms with Gasteiger partial charge in [0.05, 0.1) is 50.3 Å². The molecule has 19 heteroatoms. The number of carboxylic acids is 4. The van der Waals surface area contributed by atoms with Crippen LogP contribution in [-0.2, 0) is 23.9 Å². The number of nitrogens with one attached hydrogen (secondary N) is 1. The van der Waals surface area contributed by atoms with Gasteiger partial charge in [0.25, 0.3) is 0 Å². The maximum absolute atomic E-state index is 13.5. The second kappa shape index (κ2) is 20.5. The molecular weight excluding hydrogens is 679 g/mol. The van der Waals surface area contributed by atoms with Crippen molar-refractivity contribution in [3.05, 3.63) is 47.5 Å². The summed E-state index contributed by atoms with van der Waals surface area (Å²) in [6.07, 6.45) is -2.74. The third kappa shape index (κ3) is 14.4. The number of anilines is 2. The van der Waals surface area contributed by atoms with Crippen LogP contribution in [0.2, 0.25) is 5.02 Å². The Labute approximate surface area is 283 Å². The van der Waals surface area contributed by atoms with Gasteiger partial charge in [-0.15, -0.1) is 0 Å². The first-order valence-electron chi connectivity index (χ1n) is 14.4. The van der Waals surface area contributed by atoms with Gasteiger partial charge in [-0.2, -0.15) is 0 Å². The molecule has 0 radical (unpaired) electrons. The standard InChI is InChI=1S/C22H24ClFN4O3.2C4H6O5/c1-29-20-13-19-16(12-21(20)31-8-2-5-28-6-9-30-10-7-28)22(26-14-25-19)27-15-3-4-18(24)17(23)11-15;2*5-2(4(8)9)1-3(6)7/h3-4,11-14H,2,5-10H2,1H3,(H,25,26,27);2*2,5H,1H2,(H,6,7)(H,8,9)/t;2*2-/m.11/s1. The molecule has 1 aliphatic heterocycles. The number of aliphatic hydroxyl groups excluding tert-OH is 2. The van der Waals surface area contributed by atoms with Crippen molar-refractivity contribution >= 4 is 57.9 Å². The number of hydrogen-bond donors (Lipinski definition) is 7. The van der Waals surface area contributed by atoms with Gasteiger partial charge in [-0.1, -0.05) is 11.6 Å². The van der Waals surface area contributed by atoms with Crippen molar-refractivity contribution in [2.24, 2.45) is 0 Å². The fraction of sp³-hybridized carbons (Fsp3) is 0.400. The number of carbonyl (C=O) groups is 4. The molecule has 2 atom stereocenters. The number of fused-ring (bicyclic) bond motifs is 1. The smallest absolute Gasteiger partial charge is 0.333 e. The van der Waals surface area contributed by atoms with Crippen LogP contribution in [0.1, 0.15) is 19.3 Å². The first-order valence-corrected chi connectivity index (χ1v) is 14.8. The molecule has 268 valence electrons. The van der Waals surface area contributed by atoms with E-state index in [2.05, 4.69) is 20.2 Å². The summed E-state index contributed by atoms with van der Waals surface area (Å²) in [5.74, 6) is -4.38. The summed E-state index contributed by atoms with van der Waals surface area (Å²) in [6.45, 7) is 5.00. The highest BCUT2D eigenvalue weighted by molar-refractivity contribution is 6.31. The summed E-state index contributed by atoms with van der Waals surface area (Å²) in [7, 11) is 1.60. The second-order valence-electron chi connectivity index (χ2n) is 10.1. The van der Waals surface area contributed by atoms with E-state index in [-0.39, 0.29) is 5.02 Å². The predicted octanol–water partition coefficient (Wildman–Crippen LogP) is 2.09. The van der Waals surface area contributed by atoms with E-state index in [4.69, 9.17) is 56.5 Å². The van der Waals surface area contributed by atoms with Crippen LogP contribution in [0.25, 0.3) is 10.9 Å². The number of aliphatic carboxylic acids is 4. The largest absolute Gasteiger partial charge is 0.493 e. The van der Waals surface area contributed by atoms with E-state index in [9.17, 15) is 23.6 Å². The Kier molecular flexibility index (Phi) is 16.8. The zero-order valence-corrected chi connectivity index (χ0v) is 26.9. The van der Waals surface area contributed by atoms with E-state index < -0.39 is 54.7 Å². The van der Waals surface area contributed by atoms with Gasteiger partial charge < -0.3 is 50.2 Å². The fourth-order valence-electron chi connectivity index (χ4n) is 3.95. The molecule has 1 saturated heterocycles. The Morgan fingerprint density at radius 1 is 0.959 bits per heavy atom. The van der Waals surface area contributed by atoms with E-state index in [0.717, 1.165) is 44.7 Å². The van der Waals surface area contributed by atoms with Gasteiger partial charge in [0.1, 0.15) is 18.0 Å². The fourth-order valence-corrected chi connectivity index (χ4v) is 4.13. The molecule has 0 amide bonds. The number of carboxylic acid groups (broad SMARTS) is 4. The minimum atomic E-state index is -1.79. The number of nitrogens with zero attached hydrogens (tertiary/aromatic N) is 3. The SMILES string of the molecule is COc1cc2ncnc(Nc3ccc(F)c(Cl)c3)c2cc1OCCCN1CCOCC1.O=C(O)C[C@@H](O)C(=O)O.O=C(O)C[C@@H](O)C(=O)O. The number of benzene rings is 2. The number of methoxy groups -OCH3 is 1. The van der Waals surface area contributed by atoms with Crippen molar-refractivity contribution in [3.63, 3.8) is 0 Å². The number of aliphatic hydroxyl groups is 2. The molecule has 17 nitrogen and oxygen atoms in total. The lowest BCUT2D eigenvalue weighted by Crippen LogP contribution is -2.37. The molecule has 4 rings (SSSR count). The molecule has 49 heavy (non-hydrogen) atoms. The number of rotatable bonds is 14. The highest BCUT2D eigenvalue weighted by Crippen LogP contribution is 2.35. The number of morpholine rings is 1. The summed E-state index contributed by atoms with van der Waals surface area (Å²) < 4.78 is 30.4. The molecule has 1 aliphatic rings. The minimum absolute atomic E-state index is 0.0364. The first-order chi connectivity index (χ1) is 23.2. The Morgan fingerprint density at radius 3 is 2.08 bits per heavy atom. The van der Waals surface area contributed by atoms with E-state index in [0.29, 0.717) is 35.1 Å². The Hall–Kier alpha value is -4.88. The van der Waals surface area contributed by atoms with Gasteiger partial charge in [-0.25, -0.2) is 23.9 Å². The molecule has 0 unspecified atom stereocenters. The number of halogens is 2. The van der Waals surface area contributed by atoms with E-state index >= 15 is 0 Å². The number of aromatic nitrogens is 2. The van der Waals surface area contributed by atoms with Gasteiger partial charge in [-0.05, 0) is 30.7 Å². The summed E-state index contributed by atoms with van der Waals surface area (Å²) in [4.78, 5) is 49.9. The zero-order valence-electron chi connectivity index (χ0n) is 26.1. The molecular formula is C30H36ClFN4O13. The molecule has 1 aromatic heterocycles. The molecule has 2 heterocycles. The third-order valence-electron chi connectivity index (χ3n) is 6.39. The van der Waals surface area contributed by atoms with Crippen LogP contribution in [0.3, 0.4) is 0 Å². The summed E-state index contributed by atoms with van der Waals surface area (Å²) in [5, 5.41) is 52.3. The molecule has 0 aliphatic carbocycles. The predicted molar refractivity (Wildman–Crippen MR) is 170 cm³/mol. The van der Waals surface area contributed by atoms with E-state index in [1.807, 2.05) is 12.1 Å². The van der Waals surface area contributed by atoms with Crippen molar-refractivity contribution in [1.82, 2.24) is 14.9 Å². The third-order valence-corrected chi connectivity index (χ3v) is 6.68. The van der Waals surface area contributed by atoms with Gasteiger partial charge in [0, 0.05) is 36.8 Å². The molecule has 0 saturated carbocycles. The molecule has 0 spiro atoms. The monoisotopic (exact) mass is 714 g/mol. The Morgan fingerprint density at radius 2 is 1.57 bits per heavy atom. The lowest BCUT2D eigenvalue weighted by molar-refractivity contribution is -0.153. The van der Waals surface area contributed by atoms with Gasteiger partial charge in [0.15, 0.2) is 23.7 Å². The summed E-state index contributed by atoms with van der Waals surface area (Å²) in [5.41, 5.74) is 1.32. The van der Waals surface area contributed by atoms with Crippen LogP contribution in [-0.4, -0.2) is 128 Å². The molecule has 3 aromatic rings. The minimum Gasteiger partial charge on any atom is -0.493 e. The van der Waals surface area contributed by atoms with Crippen molar-refractivity contribution < 1.29 is 68.4 Å². The lowest BCUT2D eigenvalue weighted by atomic mass is 10.2. The Balaban J connectivity index is 0.000000381. The van der Waals surface area contributed by atoms with E-state index in [1.165, 1.54) is 18.5 Å². The van der Waals surface area contributed by atoms with Crippen molar-refractivity contribution in [3.8, 4) is 11.5 Å². The van der Waals surface area contributed by atoms with Crippen LogP contribution in [0.5, 0.6) is 11.5 Å². The van der Waals surface area contributed by atoms with Crippen molar-refractivity contribution in [1.29, 1.82) is 0 Å². The average molecular weight is 715 g/mol. The van der Waals surface area contributed by atoms with Crippen LogP contribution < -0.4 is 14.8 Å². The average Bonchev–Trinajstić information content (AvgIpc) is 3.05. The van der Waals surface area contributed by atoms with Gasteiger partial charge >= 0.3 is 23.9 Å². The van der Waals surface area contributed by atoms with Crippen LogP contribution in [0.15, 0.2) is 36.7 Å². The zero-order chi connectivity index (χ0) is 36.5. The lowest BCUT2D eigenvalue weighted by Gasteiger charge is -2.26. The van der Waals surface area contributed by atoms with Gasteiger partial charge in [0.2, 0.25) is 0 Å². The molecule has 1 fully saturated rings. The van der Waals surface area contributed by atoms with Crippen molar-refractivity contribution in [2.45, 2.75) is 31.5 Å². The second-order valence-corrected chi connectivity index (χ2v) is 10.5. The molecule has 2 aromatic carbocycles. The van der Waals surface area contributed by atoms with Crippen LogP contribution >= 0.6 is 11.6 Å². The first kappa shape index (κ1) is 40.3. The Bertz CT molecular complexity index is 1540. The van der Waals surface area contributed by atoms with E-state index in [1.54, 1.807) is 13.2 Å². The highest BCUT2D eigenvalue weighted by Gasteiger charge is 2.17. The summed E-state index contributed by atoms with van der Waals surface area (Å²) >= 11 is 5.90. The van der Waals surface area contributed by atoms with Gasteiger partial charge in [-0.3, -0.25) is 14.5 Å². The summed E-state index contributed by atoms with van der Waals surface area (Å²) in [6, 6.07) is 8.09. The number of ether oxygens (including phenoxy) is 3. The normalized spacial score (nSPS) is 13.8. The van der Waals surface area contributed by atoms with Crippen LogP contribution in [0, 0.1) is 5.82 Å². The maximum atomic E-state index is 13.5. The molecule has 7 N–H and O–H groups in total. The number of hydrogen-bond acceptors (Lipinski definition) is 13. The highest BCUT2D eigenvalue weighted by atomic mass is 35.5.